The van der Waals surface area contributed by atoms with Gasteiger partial charge >= 0.3 is 5.97 Å². The fourth-order valence-electron chi connectivity index (χ4n) is 2.06. The molecule has 0 aliphatic rings. The monoisotopic (exact) mass is 282 g/mol. The lowest BCUT2D eigenvalue weighted by molar-refractivity contribution is 0.0730. The van der Waals surface area contributed by atoms with Gasteiger partial charge in [-0.05, 0) is 36.2 Å². The normalized spacial score (nSPS) is 10.2. The first-order chi connectivity index (χ1) is 10.1. The van der Waals surface area contributed by atoms with E-state index in [1.807, 2.05) is 6.07 Å². The third-order valence-corrected chi connectivity index (χ3v) is 3.22. The second kappa shape index (κ2) is 6.46. The van der Waals surface area contributed by atoms with Crippen LogP contribution in [-0.2, 0) is 6.61 Å². The van der Waals surface area contributed by atoms with E-state index < -0.39 is 5.97 Å². The van der Waals surface area contributed by atoms with E-state index >= 15 is 0 Å². The number of esters is 1. The average molecular weight is 282 g/mol. The highest BCUT2D eigenvalue weighted by Crippen LogP contribution is 2.24. The van der Waals surface area contributed by atoms with Gasteiger partial charge in [-0.25, -0.2) is 4.79 Å². The Morgan fingerprint density at radius 3 is 2.52 bits per heavy atom. The van der Waals surface area contributed by atoms with E-state index in [9.17, 15) is 9.90 Å². The Labute approximate surface area is 124 Å². The van der Waals surface area contributed by atoms with Crippen LogP contribution in [-0.4, -0.2) is 26.0 Å². The second-order valence-electron chi connectivity index (χ2n) is 4.51. The zero-order valence-electron chi connectivity index (χ0n) is 11.9. The van der Waals surface area contributed by atoms with Gasteiger partial charge in [-0.3, -0.25) is 0 Å². The first kappa shape index (κ1) is 15.1. The Morgan fingerprint density at radius 1 is 1.29 bits per heavy atom. The van der Waals surface area contributed by atoms with Gasteiger partial charge in [0.15, 0.2) is 0 Å². The smallest absolute Gasteiger partial charge is 0.347 e. The summed E-state index contributed by atoms with van der Waals surface area (Å²) in [5.41, 5.74) is 1.66. The summed E-state index contributed by atoms with van der Waals surface area (Å²) in [7, 11) is 7.38. The van der Waals surface area contributed by atoms with Gasteiger partial charge in [0.25, 0.3) is 0 Å². The molecular weight excluding hydrogens is 267 g/mol. The molecule has 0 aliphatic carbocycles. The fraction of sp³-hybridized carbons (Fsp3) is 0.188. The minimum atomic E-state index is -0.549. The standard InChI is InChI=1S/C16H15BO4/c1-10-14(13(20-2)8-11(9-18)15(10)17)16(19)21-12-6-4-3-5-7-12/h3-8,18H,9H2,1-2H3. The van der Waals surface area contributed by atoms with Crippen LogP contribution in [0.5, 0.6) is 11.5 Å². The van der Waals surface area contributed by atoms with Crippen molar-refractivity contribution in [1.82, 2.24) is 0 Å². The van der Waals surface area contributed by atoms with E-state index in [2.05, 4.69) is 0 Å². The minimum Gasteiger partial charge on any atom is -0.496 e. The van der Waals surface area contributed by atoms with Crippen LogP contribution in [0.15, 0.2) is 36.4 Å². The quantitative estimate of drug-likeness (QED) is 0.524. The molecule has 0 saturated heterocycles. The van der Waals surface area contributed by atoms with E-state index in [-0.39, 0.29) is 12.2 Å². The summed E-state index contributed by atoms with van der Waals surface area (Å²) in [6.45, 7) is 1.47. The molecule has 106 valence electrons. The Hall–Kier alpha value is -2.27. The van der Waals surface area contributed by atoms with Gasteiger partial charge in [-0.15, -0.1) is 0 Å². The molecule has 1 N–H and O–H groups in total. The van der Waals surface area contributed by atoms with E-state index in [4.69, 9.17) is 17.3 Å². The number of rotatable bonds is 4. The molecule has 0 bridgehead atoms. The molecule has 5 heteroatoms. The van der Waals surface area contributed by atoms with Crippen LogP contribution in [0.1, 0.15) is 21.5 Å². The average Bonchev–Trinajstić information content (AvgIpc) is 2.50. The molecule has 2 radical (unpaired) electrons. The molecule has 2 aromatic rings. The minimum absolute atomic E-state index is 0.225. The number of carbonyl (C=O) groups excluding carboxylic acids is 1. The molecule has 0 atom stereocenters. The number of aliphatic hydroxyl groups is 1. The largest absolute Gasteiger partial charge is 0.496 e. The van der Waals surface area contributed by atoms with E-state index in [1.54, 1.807) is 37.3 Å². The number of hydrogen-bond donors (Lipinski definition) is 1. The summed E-state index contributed by atoms with van der Waals surface area (Å²) in [5, 5.41) is 9.28. The van der Waals surface area contributed by atoms with Gasteiger partial charge in [-0.1, -0.05) is 23.7 Å². The number of aliphatic hydroxyl groups excluding tert-OH is 1. The Balaban J connectivity index is 2.43. The number of carbonyl (C=O) groups is 1. The summed E-state index contributed by atoms with van der Waals surface area (Å²) in [4.78, 5) is 12.3. The molecule has 2 rings (SSSR count). The van der Waals surface area contributed by atoms with E-state index in [1.165, 1.54) is 7.11 Å². The first-order valence-electron chi connectivity index (χ1n) is 6.42. The summed E-state index contributed by atoms with van der Waals surface area (Å²) < 4.78 is 10.5. The maximum absolute atomic E-state index is 12.3. The maximum Gasteiger partial charge on any atom is 0.347 e. The van der Waals surface area contributed by atoms with Crippen LogP contribution >= 0.6 is 0 Å². The molecule has 0 aromatic heterocycles. The zero-order valence-corrected chi connectivity index (χ0v) is 11.9. The van der Waals surface area contributed by atoms with Crippen molar-refractivity contribution in [3.63, 3.8) is 0 Å². The van der Waals surface area contributed by atoms with Crippen molar-refractivity contribution < 1.29 is 19.4 Å². The molecule has 0 saturated carbocycles. The molecular formula is C16H15BO4. The van der Waals surface area contributed by atoms with Crippen LogP contribution < -0.4 is 14.9 Å². The SMILES string of the molecule is [B]c1c(CO)cc(OC)c(C(=O)Oc2ccccc2)c1C. The molecule has 0 heterocycles. The van der Waals surface area contributed by atoms with Crippen LogP contribution in [0.3, 0.4) is 0 Å². The summed E-state index contributed by atoms with van der Waals surface area (Å²) in [6.07, 6.45) is 0. The fourth-order valence-corrected chi connectivity index (χ4v) is 2.06. The predicted octanol–water partition coefficient (Wildman–Crippen LogP) is 1.51. The van der Waals surface area contributed by atoms with Crippen molar-refractivity contribution in [3.8, 4) is 11.5 Å². The zero-order chi connectivity index (χ0) is 15.4. The highest BCUT2D eigenvalue weighted by Gasteiger charge is 2.20. The van der Waals surface area contributed by atoms with Gasteiger partial charge in [0.05, 0.1) is 13.7 Å². The topological polar surface area (TPSA) is 55.8 Å². The highest BCUT2D eigenvalue weighted by molar-refractivity contribution is 6.35. The van der Waals surface area contributed by atoms with Crippen LogP contribution in [0.25, 0.3) is 0 Å². The van der Waals surface area contributed by atoms with Gasteiger partial charge in [-0.2, -0.15) is 0 Å². The molecule has 0 spiro atoms. The summed E-state index contributed by atoms with van der Waals surface area (Å²) in [5.74, 6) is 0.215. The van der Waals surface area contributed by atoms with Crippen molar-refractivity contribution >= 4 is 19.3 Å². The Bertz CT molecular complexity index is 653. The van der Waals surface area contributed by atoms with Crippen molar-refractivity contribution in [3.05, 3.63) is 53.1 Å². The van der Waals surface area contributed by atoms with Crippen LogP contribution in [0.2, 0.25) is 0 Å². The third kappa shape index (κ3) is 3.08. The van der Waals surface area contributed by atoms with Crippen molar-refractivity contribution in [1.29, 1.82) is 0 Å². The molecule has 0 amide bonds. The van der Waals surface area contributed by atoms with Crippen molar-refractivity contribution in [2.45, 2.75) is 13.5 Å². The van der Waals surface area contributed by atoms with Gasteiger partial charge in [0.1, 0.15) is 24.9 Å². The first-order valence-corrected chi connectivity index (χ1v) is 6.42. The van der Waals surface area contributed by atoms with E-state index in [0.717, 1.165) is 0 Å². The van der Waals surface area contributed by atoms with Crippen LogP contribution in [0.4, 0.5) is 0 Å². The number of benzene rings is 2. The van der Waals surface area contributed by atoms with Crippen LogP contribution in [0, 0.1) is 6.92 Å². The Kier molecular flexibility index (Phi) is 4.65. The number of hydrogen-bond acceptors (Lipinski definition) is 4. The lowest BCUT2D eigenvalue weighted by atomic mass is 9.83. The van der Waals surface area contributed by atoms with Gasteiger partial charge in [0.2, 0.25) is 0 Å². The summed E-state index contributed by atoms with van der Waals surface area (Å²) >= 11 is 0. The maximum atomic E-state index is 12.3. The molecule has 0 fully saturated rings. The molecule has 0 unspecified atom stereocenters. The molecule has 4 nitrogen and oxygen atoms in total. The van der Waals surface area contributed by atoms with Gasteiger partial charge < -0.3 is 14.6 Å². The number of ether oxygens (including phenoxy) is 2. The van der Waals surface area contributed by atoms with E-state index in [0.29, 0.717) is 28.1 Å². The predicted molar refractivity (Wildman–Crippen MR) is 80.4 cm³/mol. The number of methoxy groups -OCH3 is 1. The number of para-hydroxylation sites is 1. The summed E-state index contributed by atoms with van der Waals surface area (Å²) in [6, 6.07) is 10.3. The second-order valence-corrected chi connectivity index (χ2v) is 4.51. The lowest BCUT2D eigenvalue weighted by Crippen LogP contribution is -2.22. The molecule has 0 aliphatic heterocycles. The molecule has 2 aromatic carbocycles. The van der Waals surface area contributed by atoms with Gasteiger partial charge in [0, 0.05) is 0 Å². The van der Waals surface area contributed by atoms with Crippen molar-refractivity contribution in [2.24, 2.45) is 0 Å². The lowest BCUT2D eigenvalue weighted by Gasteiger charge is -2.16. The third-order valence-electron chi connectivity index (χ3n) is 3.22. The highest BCUT2D eigenvalue weighted by atomic mass is 16.5. The van der Waals surface area contributed by atoms with Crippen molar-refractivity contribution in [2.75, 3.05) is 7.11 Å². The Morgan fingerprint density at radius 2 is 1.95 bits per heavy atom. The molecule has 21 heavy (non-hydrogen) atoms.